The number of para-hydroxylation sites is 1. The zero-order chi connectivity index (χ0) is 16.8. The summed E-state index contributed by atoms with van der Waals surface area (Å²) in [5, 5.41) is 19.2. The summed E-state index contributed by atoms with van der Waals surface area (Å²) < 4.78 is 0. The van der Waals surface area contributed by atoms with E-state index in [0.717, 1.165) is 31.2 Å². The predicted molar refractivity (Wildman–Crippen MR) is 98.9 cm³/mol. The Bertz CT molecular complexity index is 513. The molecule has 0 saturated carbocycles. The summed E-state index contributed by atoms with van der Waals surface area (Å²) in [7, 11) is 0. The summed E-state index contributed by atoms with van der Waals surface area (Å²) >= 11 is 0. The summed E-state index contributed by atoms with van der Waals surface area (Å²) in [4.78, 5) is 0. The van der Waals surface area contributed by atoms with Crippen LogP contribution in [-0.2, 0) is 6.42 Å². The molecule has 0 aliphatic carbocycles. The third-order valence-corrected chi connectivity index (χ3v) is 3.79. The molecule has 0 bridgehead atoms. The van der Waals surface area contributed by atoms with Crippen molar-refractivity contribution in [3.8, 4) is 11.5 Å². The lowest BCUT2D eigenvalue weighted by Gasteiger charge is -2.05. The lowest BCUT2D eigenvalue weighted by Crippen LogP contribution is -1.87. The molecule has 2 heteroatoms. The minimum absolute atomic E-state index is 0.0187. The van der Waals surface area contributed by atoms with E-state index in [-0.39, 0.29) is 11.5 Å². The van der Waals surface area contributed by atoms with Crippen molar-refractivity contribution < 1.29 is 10.2 Å². The van der Waals surface area contributed by atoms with E-state index in [0.29, 0.717) is 0 Å². The van der Waals surface area contributed by atoms with Crippen molar-refractivity contribution in [3.05, 3.63) is 60.2 Å². The van der Waals surface area contributed by atoms with Gasteiger partial charge in [-0.1, -0.05) is 67.9 Å². The predicted octanol–water partition coefficient (Wildman–Crippen LogP) is 6.06. The zero-order valence-corrected chi connectivity index (χ0v) is 14.2. The summed E-state index contributed by atoms with van der Waals surface area (Å²) in [6, 6.07) is 5.18. The van der Waals surface area contributed by atoms with Crippen LogP contribution in [0.15, 0.2) is 54.7 Å². The van der Waals surface area contributed by atoms with Crippen molar-refractivity contribution in [1.82, 2.24) is 0 Å². The summed E-state index contributed by atoms with van der Waals surface area (Å²) in [5.41, 5.74) is 0.846. The first-order valence-electron chi connectivity index (χ1n) is 8.68. The molecular weight excluding hydrogens is 284 g/mol. The van der Waals surface area contributed by atoms with Gasteiger partial charge in [-0.25, -0.2) is 0 Å². The van der Waals surface area contributed by atoms with Crippen LogP contribution in [0.4, 0.5) is 0 Å². The monoisotopic (exact) mass is 314 g/mol. The fourth-order valence-corrected chi connectivity index (χ4v) is 2.45. The van der Waals surface area contributed by atoms with Gasteiger partial charge in [0.15, 0.2) is 11.5 Å². The molecule has 0 unspecified atom stereocenters. The van der Waals surface area contributed by atoms with Crippen LogP contribution in [0.2, 0.25) is 0 Å². The molecule has 1 rings (SSSR count). The van der Waals surface area contributed by atoms with Gasteiger partial charge in [0.1, 0.15) is 0 Å². The van der Waals surface area contributed by atoms with E-state index in [4.69, 9.17) is 0 Å². The van der Waals surface area contributed by atoms with E-state index >= 15 is 0 Å². The molecule has 0 saturated heterocycles. The van der Waals surface area contributed by atoms with Gasteiger partial charge in [-0.2, -0.15) is 0 Å². The average Bonchev–Trinajstić information content (AvgIpc) is 2.55. The summed E-state index contributed by atoms with van der Waals surface area (Å²) in [6.07, 6.45) is 21.8. The molecule has 1 aromatic rings. The van der Waals surface area contributed by atoms with Crippen molar-refractivity contribution in [2.24, 2.45) is 0 Å². The average molecular weight is 314 g/mol. The minimum Gasteiger partial charge on any atom is -0.504 e. The maximum Gasteiger partial charge on any atom is 0.160 e. The van der Waals surface area contributed by atoms with E-state index in [1.807, 2.05) is 25.1 Å². The van der Waals surface area contributed by atoms with Gasteiger partial charge in [-0.3, -0.25) is 0 Å². The molecule has 1 aromatic carbocycles. The molecule has 0 fully saturated rings. The fourth-order valence-electron chi connectivity index (χ4n) is 2.45. The minimum atomic E-state index is -0.0187. The number of phenolic OH excluding ortho intramolecular Hbond substituents is 2. The van der Waals surface area contributed by atoms with Crippen LogP contribution in [0.1, 0.15) is 57.4 Å². The molecule has 2 N–H and O–H groups in total. The highest BCUT2D eigenvalue weighted by Gasteiger charge is 2.04. The molecule has 0 atom stereocenters. The number of aryl methyl sites for hydroxylation is 1. The maximum absolute atomic E-state index is 9.72. The standard InChI is InChI=1S/C21H30O2/c1-2-3-4-5-6-7-8-9-10-11-12-13-14-16-19-17-15-18-20(22)21(19)23/h2-5,7-8,15,17-18,22-23H,6,9-14,16H2,1H3/b3-2+,5-4+,8-7-. The summed E-state index contributed by atoms with van der Waals surface area (Å²) in [6.45, 7) is 2.02. The quantitative estimate of drug-likeness (QED) is 0.225. The normalized spacial score (nSPS) is 12.0. The number of unbranched alkanes of at least 4 members (excludes halogenated alkanes) is 5. The van der Waals surface area contributed by atoms with Crippen LogP contribution in [0, 0.1) is 0 Å². The number of allylic oxidation sites excluding steroid dienone is 6. The van der Waals surface area contributed by atoms with Gasteiger partial charge in [-0.05, 0) is 50.7 Å². The topological polar surface area (TPSA) is 40.5 Å². The number of hydrogen-bond donors (Lipinski definition) is 2. The van der Waals surface area contributed by atoms with E-state index in [1.165, 1.54) is 31.7 Å². The Kier molecular flexibility index (Phi) is 10.4. The molecule has 2 nitrogen and oxygen atoms in total. The second kappa shape index (κ2) is 12.6. The number of hydrogen-bond acceptors (Lipinski definition) is 2. The highest BCUT2D eigenvalue weighted by molar-refractivity contribution is 5.44. The first-order chi connectivity index (χ1) is 11.3. The highest BCUT2D eigenvalue weighted by Crippen LogP contribution is 2.29. The van der Waals surface area contributed by atoms with Crippen LogP contribution in [-0.4, -0.2) is 10.2 Å². The smallest absolute Gasteiger partial charge is 0.160 e. The number of benzene rings is 1. The Labute approximate surface area is 140 Å². The Hall–Kier alpha value is -1.96. The van der Waals surface area contributed by atoms with Crippen LogP contribution >= 0.6 is 0 Å². The van der Waals surface area contributed by atoms with Crippen molar-refractivity contribution >= 4 is 0 Å². The number of rotatable bonds is 11. The molecule has 0 heterocycles. The molecule has 23 heavy (non-hydrogen) atoms. The zero-order valence-electron chi connectivity index (χ0n) is 14.2. The molecule has 0 aliphatic heterocycles. The third-order valence-electron chi connectivity index (χ3n) is 3.79. The van der Waals surface area contributed by atoms with E-state index in [9.17, 15) is 10.2 Å². The van der Waals surface area contributed by atoms with Crippen molar-refractivity contribution in [1.29, 1.82) is 0 Å². The van der Waals surface area contributed by atoms with E-state index < -0.39 is 0 Å². The largest absolute Gasteiger partial charge is 0.504 e. The van der Waals surface area contributed by atoms with Gasteiger partial charge < -0.3 is 10.2 Å². The van der Waals surface area contributed by atoms with Gasteiger partial charge in [0, 0.05) is 0 Å². The van der Waals surface area contributed by atoms with E-state index in [2.05, 4.69) is 24.3 Å². The molecular formula is C21H30O2. The molecule has 0 radical (unpaired) electrons. The maximum atomic E-state index is 9.72. The van der Waals surface area contributed by atoms with Gasteiger partial charge in [-0.15, -0.1) is 0 Å². The number of phenols is 2. The van der Waals surface area contributed by atoms with Crippen molar-refractivity contribution in [2.45, 2.75) is 58.3 Å². The molecule has 0 spiro atoms. The third kappa shape index (κ3) is 8.92. The fraction of sp³-hybridized carbons (Fsp3) is 0.429. The van der Waals surface area contributed by atoms with Gasteiger partial charge in [0.25, 0.3) is 0 Å². The lowest BCUT2D eigenvalue weighted by molar-refractivity contribution is 0.398. The van der Waals surface area contributed by atoms with Crippen molar-refractivity contribution in [3.63, 3.8) is 0 Å². The van der Waals surface area contributed by atoms with Gasteiger partial charge in [0.05, 0.1) is 0 Å². The van der Waals surface area contributed by atoms with Crippen LogP contribution in [0.3, 0.4) is 0 Å². The number of aromatic hydroxyl groups is 2. The van der Waals surface area contributed by atoms with Gasteiger partial charge >= 0.3 is 0 Å². The molecule has 126 valence electrons. The van der Waals surface area contributed by atoms with Crippen LogP contribution in [0.5, 0.6) is 11.5 Å². The highest BCUT2D eigenvalue weighted by atomic mass is 16.3. The first kappa shape index (κ1) is 19.1. The Balaban J connectivity index is 1.99. The SMILES string of the molecule is C/C=C/C=C/C/C=C\CCCCCCCc1cccc(O)c1O. The van der Waals surface area contributed by atoms with E-state index in [1.54, 1.807) is 6.07 Å². The van der Waals surface area contributed by atoms with Crippen LogP contribution < -0.4 is 0 Å². The Morgan fingerprint density at radius 2 is 1.65 bits per heavy atom. The van der Waals surface area contributed by atoms with Crippen LogP contribution in [0.25, 0.3) is 0 Å². The molecule has 0 aliphatic rings. The molecule has 0 aromatic heterocycles. The Morgan fingerprint density at radius 3 is 2.48 bits per heavy atom. The lowest BCUT2D eigenvalue weighted by atomic mass is 10.0. The second-order valence-corrected chi connectivity index (χ2v) is 5.75. The molecule has 0 amide bonds. The second-order valence-electron chi connectivity index (χ2n) is 5.75. The first-order valence-corrected chi connectivity index (χ1v) is 8.68. The van der Waals surface area contributed by atoms with Crippen molar-refractivity contribution in [2.75, 3.05) is 0 Å². The Morgan fingerprint density at radius 1 is 0.870 bits per heavy atom. The summed E-state index contributed by atoms with van der Waals surface area (Å²) in [5.74, 6) is 0.0240. The van der Waals surface area contributed by atoms with Gasteiger partial charge in [0.2, 0.25) is 0 Å².